The molecule has 0 spiro atoms. The van der Waals surface area contributed by atoms with E-state index in [1.165, 1.54) is 37.9 Å². The first-order chi connectivity index (χ1) is 14.6. The van der Waals surface area contributed by atoms with E-state index in [9.17, 15) is 13.6 Å². The third kappa shape index (κ3) is 9.72. The number of anilines is 1. The third-order valence-corrected chi connectivity index (χ3v) is 5.28. The van der Waals surface area contributed by atoms with Crippen molar-refractivity contribution in [2.75, 3.05) is 18.6 Å². The predicted molar refractivity (Wildman–Crippen MR) is 132 cm³/mol. The molecule has 0 heterocycles. The minimum atomic E-state index is -1.34. The number of alkyl halides is 1. The van der Waals surface area contributed by atoms with Crippen LogP contribution >= 0.6 is 11.8 Å². The Morgan fingerprint density at radius 2 is 1.84 bits per heavy atom. The van der Waals surface area contributed by atoms with Gasteiger partial charge in [0.25, 0.3) is 5.91 Å². The SMILES string of the molecule is CC.CC/C=C(/C=C(C)\C=C(/C)C(=O)N(C)C(C)F)[C@@H](C)Nc1ccc(F)cc1SC. The summed E-state index contributed by atoms with van der Waals surface area (Å²) in [6.07, 6.45) is 7.33. The van der Waals surface area contributed by atoms with E-state index in [1.807, 2.05) is 40.0 Å². The van der Waals surface area contributed by atoms with Gasteiger partial charge >= 0.3 is 0 Å². The van der Waals surface area contributed by atoms with Crippen molar-refractivity contribution >= 4 is 23.4 Å². The van der Waals surface area contributed by atoms with E-state index in [1.54, 1.807) is 19.1 Å². The van der Waals surface area contributed by atoms with E-state index in [2.05, 4.69) is 18.3 Å². The molecule has 1 aromatic carbocycles. The van der Waals surface area contributed by atoms with Gasteiger partial charge in [-0.3, -0.25) is 4.79 Å². The molecule has 0 aliphatic heterocycles. The average Bonchev–Trinajstić information content (AvgIpc) is 2.74. The molecule has 0 fully saturated rings. The Hall–Kier alpha value is -2.08. The Balaban J connectivity index is 0.00000436. The molecule has 1 amide bonds. The lowest BCUT2D eigenvalue weighted by Gasteiger charge is -2.20. The van der Waals surface area contributed by atoms with Crippen LogP contribution < -0.4 is 5.32 Å². The number of rotatable bonds is 9. The lowest BCUT2D eigenvalue weighted by molar-refractivity contribution is -0.130. The summed E-state index contributed by atoms with van der Waals surface area (Å²) in [5, 5.41) is 3.44. The second kappa shape index (κ2) is 14.8. The summed E-state index contributed by atoms with van der Waals surface area (Å²) in [4.78, 5) is 14.2. The van der Waals surface area contributed by atoms with Gasteiger partial charge in [0.2, 0.25) is 0 Å². The van der Waals surface area contributed by atoms with E-state index in [0.29, 0.717) is 5.57 Å². The molecule has 0 saturated heterocycles. The van der Waals surface area contributed by atoms with Crippen molar-refractivity contribution in [2.24, 2.45) is 0 Å². The smallest absolute Gasteiger partial charge is 0.251 e. The molecule has 0 aromatic heterocycles. The maximum atomic E-state index is 13.5. The number of amides is 1. The topological polar surface area (TPSA) is 32.3 Å². The van der Waals surface area contributed by atoms with Crippen LogP contribution in [0.3, 0.4) is 0 Å². The van der Waals surface area contributed by atoms with Crippen molar-refractivity contribution in [3.8, 4) is 0 Å². The number of allylic oxidation sites excluding steroid dienone is 3. The van der Waals surface area contributed by atoms with Gasteiger partial charge in [-0.05, 0) is 64.1 Å². The van der Waals surface area contributed by atoms with Crippen LogP contribution in [0.25, 0.3) is 0 Å². The standard InChI is InChI=1S/C23H32F2N2OS.C2H6/c1-8-9-19(13-15(2)12-16(3)23(28)27(6)18(5)24)17(4)26-21-11-10-20(25)14-22(21)29-7;1-2/h9-14,17-18,26H,8H2,1-7H3;1-2H3/b15-13-,16-12+,19-9-;/t17-,18?;/m1./s1. The fraction of sp³-hybridized carbons (Fsp3) is 0.480. The number of nitrogens with zero attached hydrogens (tertiary/aromatic N) is 1. The molecule has 3 nitrogen and oxygen atoms in total. The number of carbonyl (C=O) groups is 1. The molecule has 0 bridgehead atoms. The summed E-state index contributed by atoms with van der Waals surface area (Å²) in [6.45, 7) is 13.0. The molecule has 2 atom stereocenters. The lowest BCUT2D eigenvalue weighted by Crippen LogP contribution is -2.32. The molecular formula is C25H38F2N2OS. The van der Waals surface area contributed by atoms with Gasteiger partial charge in [0.15, 0.2) is 6.30 Å². The highest BCUT2D eigenvalue weighted by Gasteiger charge is 2.16. The molecule has 1 rings (SSSR count). The zero-order valence-electron chi connectivity index (χ0n) is 20.3. The minimum absolute atomic E-state index is 0.0146. The molecular weight excluding hydrogens is 414 g/mol. The van der Waals surface area contributed by atoms with Crippen LogP contribution in [0.5, 0.6) is 0 Å². The highest BCUT2D eigenvalue weighted by Crippen LogP contribution is 2.28. The zero-order chi connectivity index (χ0) is 24.1. The van der Waals surface area contributed by atoms with Crippen LogP contribution in [-0.4, -0.2) is 36.4 Å². The summed E-state index contributed by atoms with van der Waals surface area (Å²) < 4.78 is 26.9. The molecule has 174 valence electrons. The maximum Gasteiger partial charge on any atom is 0.251 e. The van der Waals surface area contributed by atoms with Crippen LogP contribution in [0.15, 0.2) is 58.0 Å². The van der Waals surface area contributed by atoms with Crippen LogP contribution in [0.1, 0.15) is 54.9 Å². The van der Waals surface area contributed by atoms with Crippen LogP contribution in [0, 0.1) is 5.82 Å². The number of hydrogen-bond donors (Lipinski definition) is 1. The zero-order valence-corrected chi connectivity index (χ0v) is 21.2. The van der Waals surface area contributed by atoms with Gasteiger partial charge in [-0.15, -0.1) is 11.8 Å². The van der Waals surface area contributed by atoms with Gasteiger partial charge in [0, 0.05) is 29.2 Å². The third-order valence-electron chi connectivity index (χ3n) is 4.51. The van der Waals surface area contributed by atoms with Gasteiger partial charge in [-0.2, -0.15) is 0 Å². The highest BCUT2D eigenvalue weighted by atomic mass is 32.2. The molecule has 1 N–H and O–H groups in total. The maximum absolute atomic E-state index is 13.5. The van der Waals surface area contributed by atoms with Crippen molar-refractivity contribution < 1.29 is 13.6 Å². The predicted octanol–water partition coefficient (Wildman–Crippen LogP) is 7.38. The summed E-state index contributed by atoms with van der Waals surface area (Å²) in [5.41, 5.74) is 3.31. The Labute approximate surface area is 191 Å². The molecule has 6 heteroatoms. The monoisotopic (exact) mass is 452 g/mol. The van der Waals surface area contributed by atoms with Crippen molar-refractivity contribution in [3.63, 3.8) is 0 Å². The fourth-order valence-electron chi connectivity index (χ4n) is 2.84. The number of hydrogen-bond acceptors (Lipinski definition) is 3. The van der Waals surface area contributed by atoms with Crippen molar-refractivity contribution in [3.05, 3.63) is 59.0 Å². The normalized spacial score (nSPS) is 14.4. The second-order valence-electron chi connectivity index (χ2n) is 7.03. The van der Waals surface area contributed by atoms with Crippen molar-refractivity contribution in [1.82, 2.24) is 4.90 Å². The van der Waals surface area contributed by atoms with Gasteiger partial charge in [-0.1, -0.05) is 44.6 Å². The lowest BCUT2D eigenvalue weighted by atomic mass is 10.0. The molecule has 1 aromatic rings. The minimum Gasteiger partial charge on any atom is -0.378 e. The second-order valence-corrected chi connectivity index (χ2v) is 7.88. The van der Waals surface area contributed by atoms with Crippen molar-refractivity contribution in [1.29, 1.82) is 0 Å². The number of thioether (sulfide) groups is 1. The number of benzene rings is 1. The van der Waals surface area contributed by atoms with Gasteiger partial charge in [0.1, 0.15) is 5.82 Å². The Morgan fingerprint density at radius 1 is 1.23 bits per heavy atom. The Morgan fingerprint density at radius 3 is 2.35 bits per heavy atom. The van der Waals surface area contributed by atoms with Crippen LogP contribution in [0.4, 0.5) is 14.5 Å². The Kier molecular flexibility index (Phi) is 13.8. The Bertz CT molecular complexity index is 801. The largest absolute Gasteiger partial charge is 0.378 e. The summed E-state index contributed by atoms with van der Waals surface area (Å²) >= 11 is 1.49. The number of likely N-dealkylation sites (N-methyl/N-ethyl adjacent to an activating group) is 1. The van der Waals surface area contributed by atoms with Gasteiger partial charge in [0.05, 0.1) is 0 Å². The van der Waals surface area contributed by atoms with Gasteiger partial charge in [-0.25, -0.2) is 8.78 Å². The summed E-state index contributed by atoms with van der Waals surface area (Å²) in [5.74, 6) is -0.596. The first-order valence-corrected chi connectivity index (χ1v) is 11.9. The molecule has 0 aliphatic carbocycles. The van der Waals surface area contributed by atoms with Gasteiger partial charge < -0.3 is 10.2 Å². The van der Waals surface area contributed by atoms with Crippen LogP contribution in [0.2, 0.25) is 0 Å². The van der Waals surface area contributed by atoms with E-state index in [4.69, 9.17) is 0 Å². The fourth-order valence-corrected chi connectivity index (χ4v) is 3.42. The first kappa shape index (κ1) is 28.9. The van der Waals surface area contributed by atoms with Crippen molar-refractivity contribution in [2.45, 2.75) is 72.1 Å². The quantitative estimate of drug-likeness (QED) is 0.184. The highest BCUT2D eigenvalue weighted by molar-refractivity contribution is 7.98. The van der Waals surface area contributed by atoms with E-state index in [0.717, 1.165) is 33.0 Å². The molecule has 1 unspecified atom stereocenters. The number of nitrogens with one attached hydrogen (secondary N) is 1. The summed E-state index contributed by atoms with van der Waals surface area (Å²) in [7, 11) is 1.45. The molecule has 31 heavy (non-hydrogen) atoms. The molecule has 0 saturated carbocycles. The van der Waals surface area contributed by atoms with Crippen LogP contribution in [-0.2, 0) is 4.79 Å². The first-order valence-electron chi connectivity index (χ1n) is 10.7. The number of halogens is 2. The van der Waals surface area contributed by atoms with E-state index in [-0.39, 0.29) is 17.8 Å². The average molecular weight is 453 g/mol. The van der Waals surface area contributed by atoms with E-state index >= 15 is 0 Å². The molecule has 0 radical (unpaired) electrons. The molecule has 0 aliphatic rings. The van der Waals surface area contributed by atoms with E-state index < -0.39 is 6.30 Å². The summed E-state index contributed by atoms with van der Waals surface area (Å²) in [6, 6.07) is 4.69. The number of carbonyl (C=O) groups excluding carboxylic acids is 1.